The van der Waals surface area contributed by atoms with Crippen LogP contribution < -0.4 is 4.74 Å². The summed E-state index contributed by atoms with van der Waals surface area (Å²) in [6.07, 6.45) is 0. The first kappa shape index (κ1) is 12.2. The SMILES string of the molecule is CCOc1cccc(-c2c(C(=O)O)n[nH]c2C)c1. The van der Waals surface area contributed by atoms with Gasteiger partial charge in [0.25, 0.3) is 0 Å². The Morgan fingerprint density at radius 1 is 1.50 bits per heavy atom. The van der Waals surface area contributed by atoms with Crippen LogP contribution in [0.25, 0.3) is 11.1 Å². The number of benzene rings is 1. The van der Waals surface area contributed by atoms with Gasteiger partial charge in [0, 0.05) is 11.3 Å². The fourth-order valence-electron chi connectivity index (χ4n) is 1.85. The minimum absolute atomic E-state index is 0.0288. The summed E-state index contributed by atoms with van der Waals surface area (Å²) in [4.78, 5) is 11.1. The molecule has 0 amide bonds. The van der Waals surface area contributed by atoms with Crippen LogP contribution in [0.2, 0.25) is 0 Å². The molecule has 18 heavy (non-hydrogen) atoms. The van der Waals surface area contributed by atoms with Crippen molar-refractivity contribution in [3.05, 3.63) is 35.7 Å². The number of nitrogens with one attached hydrogen (secondary N) is 1. The standard InChI is InChI=1S/C13H14N2O3/c1-3-18-10-6-4-5-9(7-10)11-8(2)14-15-12(11)13(16)17/h4-7H,3H2,1-2H3,(H,14,15)(H,16,17). The van der Waals surface area contributed by atoms with Gasteiger partial charge in [-0.1, -0.05) is 12.1 Å². The predicted octanol–water partition coefficient (Wildman–Crippen LogP) is 2.48. The third-order valence-corrected chi connectivity index (χ3v) is 2.58. The van der Waals surface area contributed by atoms with E-state index in [0.717, 1.165) is 11.3 Å². The Hall–Kier alpha value is -2.30. The molecule has 5 heteroatoms. The van der Waals surface area contributed by atoms with E-state index in [2.05, 4.69) is 10.2 Å². The quantitative estimate of drug-likeness (QED) is 0.869. The summed E-state index contributed by atoms with van der Waals surface area (Å²) in [6, 6.07) is 7.32. The van der Waals surface area contributed by atoms with E-state index in [1.54, 1.807) is 6.92 Å². The molecule has 94 valence electrons. The van der Waals surface area contributed by atoms with Crippen LogP contribution in [0.1, 0.15) is 23.1 Å². The molecule has 1 aromatic heterocycles. The zero-order valence-electron chi connectivity index (χ0n) is 10.2. The number of aromatic amines is 1. The molecule has 0 saturated heterocycles. The molecule has 2 aromatic rings. The average molecular weight is 246 g/mol. The molecule has 2 N–H and O–H groups in total. The maximum Gasteiger partial charge on any atom is 0.357 e. The number of H-pyrrole nitrogens is 1. The molecule has 2 rings (SSSR count). The van der Waals surface area contributed by atoms with Crippen molar-refractivity contribution >= 4 is 5.97 Å². The zero-order chi connectivity index (χ0) is 13.1. The topological polar surface area (TPSA) is 75.2 Å². The molecule has 0 unspecified atom stereocenters. The van der Waals surface area contributed by atoms with Crippen molar-refractivity contribution in [1.29, 1.82) is 0 Å². The van der Waals surface area contributed by atoms with Crippen molar-refractivity contribution in [2.45, 2.75) is 13.8 Å². The van der Waals surface area contributed by atoms with Gasteiger partial charge in [0.1, 0.15) is 5.75 Å². The van der Waals surface area contributed by atoms with Crippen molar-refractivity contribution < 1.29 is 14.6 Å². The molecule has 5 nitrogen and oxygen atoms in total. The molecular formula is C13H14N2O3. The van der Waals surface area contributed by atoms with Gasteiger partial charge < -0.3 is 9.84 Å². The smallest absolute Gasteiger partial charge is 0.357 e. The summed E-state index contributed by atoms with van der Waals surface area (Å²) in [6.45, 7) is 4.26. The van der Waals surface area contributed by atoms with Gasteiger partial charge in [-0.25, -0.2) is 4.79 Å². The molecule has 0 fully saturated rings. The molecule has 0 bridgehead atoms. The predicted molar refractivity (Wildman–Crippen MR) is 66.9 cm³/mol. The highest BCUT2D eigenvalue weighted by Crippen LogP contribution is 2.28. The number of hydrogen-bond donors (Lipinski definition) is 2. The van der Waals surface area contributed by atoms with Crippen LogP contribution in [-0.2, 0) is 0 Å². The number of ether oxygens (including phenoxy) is 1. The van der Waals surface area contributed by atoms with E-state index < -0.39 is 5.97 Å². The van der Waals surface area contributed by atoms with E-state index in [4.69, 9.17) is 9.84 Å². The molecule has 0 spiro atoms. The van der Waals surface area contributed by atoms with Gasteiger partial charge in [-0.05, 0) is 31.5 Å². The lowest BCUT2D eigenvalue weighted by molar-refractivity contribution is 0.0691. The van der Waals surface area contributed by atoms with Crippen molar-refractivity contribution in [3.63, 3.8) is 0 Å². The van der Waals surface area contributed by atoms with Gasteiger partial charge in [-0.15, -0.1) is 0 Å². The van der Waals surface area contributed by atoms with Crippen LogP contribution in [0.4, 0.5) is 0 Å². The lowest BCUT2D eigenvalue weighted by atomic mass is 10.0. The fraction of sp³-hybridized carbons (Fsp3) is 0.231. The van der Waals surface area contributed by atoms with E-state index in [0.29, 0.717) is 17.9 Å². The summed E-state index contributed by atoms with van der Waals surface area (Å²) >= 11 is 0. The number of rotatable bonds is 4. The highest BCUT2D eigenvalue weighted by Gasteiger charge is 2.18. The lowest BCUT2D eigenvalue weighted by Crippen LogP contribution is -1.99. The van der Waals surface area contributed by atoms with Gasteiger partial charge in [-0.2, -0.15) is 5.10 Å². The third kappa shape index (κ3) is 2.20. The average Bonchev–Trinajstić information content (AvgIpc) is 2.72. The van der Waals surface area contributed by atoms with Gasteiger partial charge in [-0.3, -0.25) is 5.10 Å². The largest absolute Gasteiger partial charge is 0.494 e. The number of aryl methyl sites for hydroxylation is 1. The van der Waals surface area contributed by atoms with Gasteiger partial charge in [0.2, 0.25) is 0 Å². The van der Waals surface area contributed by atoms with Crippen LogP contribution in [0.15, 0.2) is 24.3 Å². The normalized spacial score (nSPS) is 10.3. The van der Waals surface area contributed by atoms with E-state index in [1.165, 1.54) is 0 Å². The first-order valence-corrected chi connectivity index (χ1v) is 5.65. The van der Waals surface area contributed by atoms with E-state index >= 15 is 0 Å². The first-order chi connectivity index (χ1) is 8.63. The molecule has 0 aliphatic rings. The van der Waals surface area contributed by atoms with Gasteiger partial charge >= 0.3 is 5.97 Å². The highest BCUT2D eigenvalue weighted by molar-refractivity contribution is 5.94. The van der Waals surface area contributed by atoms with Gasteiger partial charge in [0.15, 0.2) is 5.69 Å². The second kappa shape index (κ2) is 4.91. The fourth-order valence-corrected chi connectivity index (χ4v) is 1.85. The van der Waals surface area contributed by atoms with Gasteiger partial charge in [0.05, 0.1) is 6.61 Å². The Bertz CT molecular complexity index is 575. The number of hydrogen-bond acceptors (Lipinski definition) is 3. The minimum Gasteiger partial charge on any atom is -0.494 e. The van der Waals surface area contributed by atoms with Crippen LogP contribution in [0.5, 0.6) is 5.75 Å². The molecule has 0 aliphatic carbocycles. The molecule has 0 saturated carbocycles. The van der Waals surface area contributed by atoms with Crippen molar-refractivity contribution in [1.82, 2.24) is 10.2 Å². The van der Waals surface area contributed by atoms with Crippen molar-refractivity contribution in [2.75, 3.05) is 6.61 Å². The summed E-state index contributed by atoms with van der Waals surface area (Å²) in [5.41, 5.74) is 2.14. The number of carbonyl (C=O) groups is 1. The Morgan fingerprint density at radius 3 is 2.94 bits per heavy atom. The Morgan fingerprint density at radius 2 is 2.28 bits per heavy atom. The molecule has 1 aromatic carbocycles. The number of nitrogens with zero attached hydrogens (tertiary/aromatic N) is 1. The highest BCUT2D eigenvalue weighted by atomic mass is 16.5. The Balaban J connectivity index is 2.51. The summed E-state index contributed by atoms with van der Waals surface area (Å²) in [5, 5.41) is 15.6. The second-order valence-corrected chi connectivity index (χ2v) is 3.84. The van der Waals surface area contributed by atoms with Crippen LogP contribution in [-0.4, -0.2) is 27.9 Å². The number of aromatic nitrogens is 2. The molecular weight excluding hydrogens is 232 g/mol. The lowest BCUT2D eigenvalue weighted by Gasteiger charge is -2.06. The van der Waals surface area contributed by atoms with Crippen molar-refractivity contribution in [2.24, 2.45) is 0 Å². The Kier molecular flexibility index (Phi) is 3.32. The molecule has 1 heterocycles. The monoisotopic (exact) mass is 246 g/mol. The van der Waals surface area contributed by atoms with E-state index in [1.807, 2.05) is 31.2 Å². The van der Waals surface area contributed by atoms with Crippen LogP contribution >= 0.6 is 0 Å². The minimum atomic E-state index is -1.05. The third-order valence-electron chi connectivity index (χ3n) is 2.58. The Labute approximate surface area is 104 Å². The molecule has 0 aliphatic heterocycles. The molecule has 0 radical (unpaired) electrons. The second-order valence-electron chi connectivity index (χ2n) is 3.84. The van der Waals surface area contributed by atoms with Crippen molar-refractivity contribution in [3.8, 4) is 16.9 Å². The summed E-state index contributed by atoms with van der Waals surface area (Å²) < 4.78 is 5.41. The number of carboxylic acid groups (broad SMARTS) is 1. The summed E-state index contributed by atoms with van der Waals surface area (Å²) in [5.74, 6) is -0.330. The number of aromatic carboxylic acids is 1. The zero-order valence-corrected chi connectivity index (χ0v) is 10.2. The number of carboxylic acids is 1. The van der Waals surface area contributed by atoms with Crippen LogP contribution in [0, 0.1) is 6.92 Å². The van der Waals surface area contributed by atoms with E-state index in [9.17, 15) is 4.79 Å². The van der Waals surface area contributed by atoms with Crippen LogP contribution in [0.3, 0.4) is 0 Å². The maximum atomic E-state index is 11.1. The first-order valence-electron chi connectivity index (χ1n) is 5.65. The van der Waals surface area contributed by atoms with E-state index in [-0.39, 0.29) is 5.69 Å². The maximum absolute atomic E-state index is 11.1. The molecule has 0 atom stereocenters. The summed E-state index contributed by atoms with van der Waals surface area (Å²) in [7, 11) is 0.